The number of aliphatic hydroxyl groups is 2. The molecule has 0 aliphatic carbocycles. The molecule has 0 unspecified atom stereocenters. The summed E-state index contributed by atoms with van der Waals surface area (Å²) in [5, 5.41) is 22.5. The highest BCUT2D eigenvalue weighted by atomic mass is 35.5. The largest absolute Gasteiger partial charge is 0.476 e. The Morgan fingerprint density at radius 2 is 2.08 bits per heavy atom. The number of aromatic nitrogens is 4. The van der Waals surface area contributed by atoms with Crippen LogP contribution >= 0.6 is 19.4 Å². The van der Waals surface area contributed by atoms with Crippen LogP contribution in [-0.4, -0.2) is 59.7 Å². The van der Waals surface area contributed by atoms with Gasteiger partial charge in [0.05, 0.1) is 24.6 Å². The van der Waals surface area contributed by atoms with Gasteiger partial charge in [-0.15, -0.1) is 0 Å². The number of fused-ring (bicyclic) bond motifs is 1. The molecule has 4 N–H and O–H groups in total. The Labute approximate surface area is 211 Å². The highest BCUT2D eigenvalue weighted by Gasteiger charge is 2.55. The summed E-state index contributed by atoms with van der Waals surface area (Å²) in [5.41, 5.74) is 4.63. The number of rotatable bonds is 5. The maximum absolute atomic E-state index is 13.5. The predicted molar refractivity (Wildman–Crippen MR) is 129 cm³/mol. The predicted octanol–water partition coefficient (Wildman–Crippen LogP) is 3.15. The van der Waals surface area contributed by atoms with Gasteiger partial charge in [-0.25, -0.2) is 19.5 Å². The molecular weight excluding hydrogens is 513 g/mol. The van der Waals surface area contributed by atoms with E-state index in [1.165, 1.54) is 24.1 Å². The van der Waals surface area contributed by atoms with Gasteiger partial charge in [-0.3, -0.25) is 18.1 Å². The number of hydrogen-bond acceptors (Lipinski definition) is 11. The quantitative estimate of drug-likeness (QED) is 0.408. The average Bonchev–Trinajstić information content (AvgIpc) is 3.31. The van der Waals surface area contributed by atoms with Crippen molar-refractivity contribution in [1.82, 2.24) is 19.5 Å². The van der Waals surface area contributed by atoms with Crippen molar-refractivity contribution in [1.29, 1.82) is 0 Å². The summed E-state index contributed by atoms with van der Waals surface area (Å²) in [7, 11) is -4.09. The fourth-order valence-corrected chi connectivity index (χ4v) is 6.40. The van der Waals surface area contributed by atoms with Crippen molar-refractivity contribution in [2.45, 2.75) is 62.9 Å². The minimum absolute atomic E-state index is 0.165. The Morgan fingerprint density at radius 3 is 2.83 bits per heavy atom. The number of nitrogens with zero attached hydrogens (tertiary/aromatic N) is 4. The number of phosphoric acid groups is 1. The van der Waals surface area contributed by atoms with Gasteiger partial charge in [0, 0.05) is 11.4 Å². The molecule has 2 fully saturated rings. The first-order valence-electron chi connectivity index (χ1n) is 11.3. The number of nitrogen functional groups attached to an aromatic ring is 1. The van der Waals surface area contributed by atoms with Crippen molar-refractivity contribution in [3.63, 3.8) is 0 Å². The van der Waals surface area contributed by atoms with E-state index in [1.54, 1.807) is 32.0 Å². The zero-order valence-electron chi connectivity index (χ0n) is 19.8. The Bertz CT molecular complexity index is 1340. The van der Waals surface area contributed by atoms with E-state index in [9.17, 15) is 14.8 Å². The minimum Gasteiger partial charge on any atom is -0.387 e. The SMILES string of the molecule is CC1(C)C[C@@H](c2cccc(Cl)c2)O[P@@](=O)(OC[C@H]2O[C@@H](n3cnc4c(N)ncnc43)[C@](C)(O)[C@@H]2O)O1. The lowest BCUT2D eigenvalue weighted by Gasteiger charge is -2.39. The Kier molecular flexibility index (Phi) is 6.37. The lowest BCUT2D eigenvalue weighted by Crippen LogP contribution is -2.44. The Balaban J connectivity index is 1.35. The van der Waals surface area contributed by atoms with Crippen molar-refractivity contribution in [3.05, 3.63) is 47.5 Å². The molecule has 0 amide bonds. The summed E-state index contributed by atoms with van der Waals surface area (Å²) in [4.78, 5) is 12.2. The summed E-state index contributed by atoms with van der Waals surface area (Å²) in [6, 6.07) is 7.06. The molecule has 6 atom stereocenters. The smallest absolute Gasteiger partial charge is 0.387 e. The van der Waals surface area contributed by atoms with E-state index < -0.39 is 43.6 Å². The fourth-order valence-electron chi connectivity index (χ4n) is 4.53. The number of aliphatic hydroxyl groups excluding tert-OH is 1. The second kappa shape index (κ2) is 9.00. The highest BCUT2D eigenvalue weighted by Crippen LogP contribution is 2.62. The molecule has 0 spiro atoms. The van der Waals surface area contributed by atoms with Gasteiger partial charge in [0.25, 0.3) is 0 Å². The molecule has 5 rings (SSSR count). The van der Waals surface area contributed by atoms with Gasteiger partial charge < -0.3 is 20.7 Å². The van der Waals surface area contributed by atoms with Gasteiger partial charge in [0.1, 0.15) is 29.7 Å². The molecule has 3 aromatic rings. The molecule has 2 saturated heterocycles. The van der Waals surface area contributed by atoms with E-state index in [2.05, 4.69) is 15.0 Å². The summed E-state index contributed by atoms with van der Waals surface area (Å²) >= 11 is 6.12. The normalized spacial score (nSPS) is 34.3. The molecule has 0 bridgehead atoms. The number of imidazole rings is 1. The number of benzene rings is 1. The van der Waals surface area contributed by atoms with Crippen LogP contribution in [0.4, 0.5) is 5.82 Å². The number of phosphoric ester groups is 1. The van der Waals surface area contributed by atoms with Gasteiger partial charge in [0.2, 0.25) is 0 Å². The van der Waals surface area contributed by atoms with Crippen LogP contribution in [0.1, 0.15) is 45.1 Å². The molecule has 1 aromatic carbocycles. The van der Waals surface area contributed by atoms with Crippen molar-refractivity contribution in [3.8, 4) is 0 Å². The molecule has 12 nitrogen and oxygen atoms in total. The van der Waals surface area contributed by atoms with Crippen LogP contribution < -0.4 is 5.73 Å². The third-order valence-corrected chi connectivity index (χ3v) is 8.23. The van der Waals surface area contributed by atoms with Crippen LogP contribution in [0.3, 0.4) is 0 Å². The zero-order chi connectivity index (χ0) is 25.9. The lowest BCUT2D eigenvalue weighted by atomic mass is 9.96. The third-order valence-electron chi connectivity index (χ3n) is 6.30. The summed E-state index contributed by atoms with van der Waals surface area (Å²) in [5.74, 6) is 0.165. The second-order valence-corrected chi connectivity index (χ2v) is 11.7. The number of ether oxygens (including phenoxy) is 1. The standard InChI is InChI=1S/C22H27ClN5O7P/c1-21(2)8-14(12-5-4-6-13(23)7-12)34-36(31,35-21)32-9-15-17(29)22(3,30)20(33-15)28-11-27-16-18(24)25-10-26-19(16)28/h4-7,10-11,14-15,17,20,29-30H,8-9H2,1-3H3,(H2,24,25,26)/t14-,15+,17+,20+,22+,36+/m0/s1. The first-order valence-corrected chi connectivity index (χ1v) is 13.1. The van der Waals surface area contributed by atoms with Crippen LogP contribution in [0.5, 0.6) is 0 Å². The van der Waals surface area contributed by atoms with Gasteiger partial charge in [-0.1, -0.05) is 23.7 Å². The Hall–Kier alpha value is -2.15. The lowest BCUT2D eigenvalue weighted by molar-refractivity contribution is -0.0967. The first-order chi connectivity index (χ1) is 16.9. The van der Waals surface area contributed by atoms with Crippen molar-refractivity contribution >= 4 is 36.4 Å². The zero-order valence-corrected chi connectivity index (χ0v) is 21.5. The molecule has 36 heavy (non-hydrogen) atoms. The van der Waals surface area contributed by atoms with Crippen LogP contribution in [0.25, 0.3) is 11.2 Å². The minimum atomic E-state index is -4.09. The average molecular weight is 540 g/mol. The van der Waals surface area contributed by atoms with Gasteiger partial charge in [-0.2, -0.15) is 0 Å². The maximum Gasteiger partial charge on any atom is 0.476 e. The van der Waals surface area contributed by atoms with Crippen LogP contribution in [0.15, 0.2) is 36.9 Å². The van der Waals surface area contributed by atoms with E-state index in [4.69, 9.17) is 35.6 Å². The van der Waals surface area contributed by atoms with Crippen molar-refractivity contribution in [2.24, 2.45) is 0 Å². The van der Waals surface area contributed by atoms with E-state index in [-0.39, 0.29) is 12.4 Å². The molecule has 2 aliphatic heterocycles. The molecule has 194 valence electrons. The molecular formula is C22H27ClN5O7P. The van der Waals surface area contributed by atoms with Crippen LogP contribution in [0, 0.1) is 0 Å². The van der Waals surface area contributed by atoms with Gasteiger partial charge in [0.15, 0.2) is 17.7 Å². The number of halogens is 1. The van der Waals surface area contributed by atoms with Crippen molar-refractivity contribution in [2.75, 3.05) is 12.3 Å². The monoisotopic (exact) mass is 539 g/mol. The van der Waals surface area contributed by atoms with Gasteiger partial charge in [-0.05, 0) is 38.5 Å². The van der Waals surface area contributed by atoms with E-state index in [0.29, 0.717) is 22.6 Å². The number of anilines is 1. The van der Waals surface area contributed by atoms with E-state index in [1.807, 2.05) is 6.07 Å². The van der Waals surface area contributed by atoms with E-state index >= 15 is 0 Å². The second-order valence-electron chi connectivity index (χ2n) is 9.73. The fraction of sp³-hybridized carbons (Fsp3) is 0.500. The Morgan fingerprint density at radius 1 is 1.31 bits per heavy atom. The van der Waals surface area contributed by atoms with Crippen LogP contribution in [0.2, 0.25) is 5.02 Å². The topological polar surface area (TPSA) is 164 Å². The highest BCUT2D eigenvalue weighted by molar-refractivity contribution is 7.48. The molecule has 4 heterocycles. The molecule has 14 heteroatoms. The number of hydrogen-bond donors (Lipinski definition) is 3. The summed E-state index contributed by atoms with van der Waals surface area (Å²) in [6.45, 7) is 4.59. The molecule has 2 aromatic heterocycles. The summed E-state index contributed by atoms with van der Waals surface area (Å²) < 4.78 is 38.0. The first kappa shape index (κ1) is 25.5. The van der Waals surface area contributed by atoms with E-state index in [0.717, 1.165) is 5.56 Å². The maximum atomic E-state index is 13.5. The molecule has 0 radical (unpaired) electrons. The molecule has 2 aliphatic rings. The van der Waals surface area contributed by atoms with Crippen LogP contribution in [-0.2, 0) is 22.9 Å². The van der Waals surface area contributed by atoms with Crippen molar-refractivity contribution < 1.29 is 33.1 Å². The molecule has 0 saturated carbocycles. The summed E-state index contributed by atoms with van der Waals surface area (Å²) in [6.07, 6.45) is -1.10. The number of nitrogens with two attached hydrogens (primary N) is 1. The van der Waals surface area contributed by atoms with Gasteiger partial charge >= 0.3 is 7.82 Å². The third kappa shape index (κ3) is 4.64.